The summed E-state index contributed by atoms with van der Waals surface area (Å²) >= 11 is 0. The van der Waals surface area contributed by atoms with Crippen LogP contribution in [0, 0.1) is 6.92 Å². The van der Waals surface area contributed by atoms with Crippen LogP contribution in [0.1, 0.15) is 22.8 Å². The zero-order chi connectivity index (χ0) is 17.8. The second kappa shape index (κ2) is 7.38. The van der Waals surface area contributed by atoms with Gasteiger partial charge in [-0.1, -0.05) is 17.7 Å². The number of Topliss-reactive ketones (excluding diaryl/α,β-unsaturated/α-hetero) is 1. The highest BCUT2D eigenvalue weighted by molar-refractivity contribution is 5.95. The SMILES string of the molecule is CC(=O)c1ccc(NC(=O)N2CCN(c3ccc(C)cc3)CC2)cc1. The molecule has 0 saturated carbocycles. The van der Waals surface area contributed by atoms with Crippen molar-refractivity contribution in [2.45, 2.75) is 13.8 Å². The average molecular weight is 337 g/mol. The molecule has 0 unspecified atom stereocenters. The number of hydrogen-bond donors (Lipinski definition) is 1. The molecule has 1 aliphatic rings. The Morgan fingerprint density at radius 2 is 1.48 bits per heavy atom. The van der Waals surface area contributed by atoms with Gasteiger partial charge in [0.05, 0.1) is 0 Å². The van der Waals surface area contributed by atoms with Crippen LogP contribution in [0.3, 0.4) is 0 Å². The van der Waals surface area contributed by atoms with Crippen molar-refractivity contribution in [3.63, 3.8) is 0 Å². The second-order valence-corrected chi connectivity index (χ2v) is 6.37. The van der Waals surface area contributed by atoms with E-state index in [1.165, 1.54) is 18.2 Å². The third kappa shape index (κ3) is 4.18. The molecule has 1 N–H and O–H groups in total. The van der Waals surface area contributed by atoms with Gasteiger partial charge in [0.1, 0.15) is 0 Å². The number of rotatable bonds is 3. The molecule has 25 heavy (non-hydrogen) atoms. The molecule has 0 spiro atoms. The number of aryl methyl sites for hydroxylation is 1. The van der Waals surface area contributed by atoms with Crippen molar-refractivity contribution in [2.75, 3.05) is 36.4 Å². The number of piperazine rings is 1. The lowest BCUT2D eigenvalue weighted by molar-refractivity contribution is 0.101. The smallest absolute Gasteiger partial charge is 0.321 e. The van der Waals surface area contributed by atoms with E-state index in [4.69, 9.17) is 0 Å². The fourth-order valence-corrected chi connectivity index (χ4v) is 2.91. The topological polar surface area (TPSA) is 52.7 Å². The molecule has 0 aliphatic carbocycles. The summed E-state index contributed by atoms with van der Waals surface area (Å²) in [4.78, 5) is 27.8. The molecule has 2 amide bonds. The van der Waals surface area contributed by atoms with E-state index in [1.807, 2.05) is 4.90 Å². The number of urea groups is 1. The van der Waals surface area contributed by atoms with Gasteiger partial charge in [-0.2, -0.15) is 0 Å². The van der Waals surface area contributed by atoms with E-state index < -0.39 is 0 Å². The van der Waals surface area contributed by atoms with Crippen LogP contribution in [0.4, 0.5) is 16.2 Å². The summed E-state index contributed by atoms with van der Waals surface area (Å²) in [5.41, 5.74) is 3.80. The summed E-state index contributed by atoms with van der Waals surface area (Å²) in [6.07, 6.45) is 0. The first-order valence-electron chi connectivity index (χ1n) is 8.51. The van der Waals surface area contributed by atoms with Crippen molar-refractivity contribution >= 4 is 23.2 Å². The Labute approximate surface area is 148 Å². The van der Waals surface area contributed by atoms with E-state index in [0.29, 0.717) is 24.3 Å². The van der Waals surface area contributed by atoms with Gasteiger partial charge in [0.15, 0.2) is 5.78 Å². The van der Waals surface area contributed by atoms with Crippen LogP contribution in [0.5, 0.6) is 0 Å². The highest BCUT2D eigenvalue weighted by atomic mass is 16.2. The molecule has 0 aromatic heterocycles. The van der Waals surface area contributed by atoms with E-state index in [0.717, 1.165) is 13.1 Å². The molecule has 3 rings (SSSR count). The molecule has 1 heterocycles. The minimum atomic E-state index is -0.0980. The Morgan fingerprint density at radius 3 is 2.04 bits per heavy atom. The van der Waals surface area contributed by atoms with Crippen LogP contribution in [-0.4, -0.2) is 42.9 Å². The van der Waals surface area contributed by atoms with Crippen molar-refractivity contribution < 1.29 is 9.59 Å². The lowest BCUT2D eigenvalue weighted by Gasteiger charge is -2.36. The third-order valence-corrected chi connectivity index (χ3v) is 4.51. The Balaban J connectivity index is 1.54. The van der Waals surface area contributed by atoms with E-state index in [1.54, 1.807) is 24.3 Å². The van der Waals surface area contributed by atoms with Gasteiger partial charge >= 0.3 is 6.03 Å². The fourth-order valence-electron chi connectivity index (χ4n) is 2.91. The summed E-state index contributed by atoms with van der Waals surface area (Å²) in [6, 6.07) is 15.4. The highest BCUT2D eigenvalue weighted by Crippen LogP contribution is 2.18. The van der Waals surface area contributed by atoms with E-state index in [2.05, 4.69) is 41.4 Å². The molecule has 1 saturated heterocycles. The molecule has 2 aromatic carbocycles. The highest BCUT2D eigenvalue weighted by Gasteiger charge is 2.21. The van der Waals surface area contributed by atoms with Crippen LogP contribution < -0.4 is 10.2 Å². The number of anilines is 2. The van der Waals surface area contributed by atoms with Gasteiger partial charge in [0.2, 0.25) is 0 Å². The quantitative estimate of drug-likeness (QED) is 0.872. The minimum absolute atomic E-state index is 0.0186. The number of carbonyl (C=O) groups is 2. The monoisotopic (exact) mass is 337 g/mol. The average Bonchev–Trinajstić information content (AvgIpc) is 2.63. The Morgan fingerprint density at radius 1 is 0.880 bits per heavy atom. The number of carbonyl (C=O) groups excluding carboxylic acids is 2. The minimum Gasteiger partial charge on any atom is -0.368 e. The van der Waals surface area contributed by atoms with Gasteiger partial charge in [-0.15, -0.1) is 0 Å². The molecule has 130 valence electrons. The molecule has 0 bridgehead atoms. The third-order valence-electron chi connectivity index (χ3n) is 4.51. The Kier molecular flexibility index (Phi) is 5.03. The fraction of sp³-hybridized carbons (Fsp3) is 0.300. The maximum atomic E-state index is 12.4. The van der Waals surface area contributed by atoms with Gasteiger partial charge in [-0.3, -0.25) is 4.79 Å². The van der Waals surface area contributed by atoms with Crippen LogP contribution in [0.25, 0.3) is 0 Å². The lowest BCUT2D eigenvalue weighted by Crippen LogP contribution is -2.50. The van der Waals surface area contributed by atoms with Gasteiger partial charge in [-0.25, -0.2) is 4.79 Å². The number of hydrogen-bond acceptors (Lipinski definition) is 3. The number of benzene rings is 2. The Bertz CT molecular complexity index is 746. The summed E-state index contributed by atoms with van der Waals surface area (Å²) in [5.74, 6) is 0.0186. The molecular formula is C20H23N3O2. The largest absolute Gasteiger partial charge is 0.368 e. The number of nitrogens with zero attached hydrogens (tertiary/aromatic N) is 2. The molecule has 5 heteroatoms. The second-order valence-electron chi connectivity index (χ2n) is 6.37. The normalized spacial score (nSPS) is 14.3. The van der Waals surface area contributed by atoms with Crippen molar-refractivity contribution in [1.29, 1.82) is 0 Å². The predicted octanol–water partition coefficient (Wildman–Crippen LogP) is 3.55. The molecule has 0 radical (unpaired) electrons. The molecule has 0 atom stereocenters. The molecule has 5 nitrogen and oxygen atoms in total. The molecule has 1 aliphatic heterocycles. The van der Waals surface area contributed by atoms with Crippen LogP contribution in [0.2, 0.25) is 0 Å². The van der Waals surface area contributed by atoms with E-state index >= 15 is 0 Å². The lowest BCUT2D eigenvalue weighted by atomic mass is 10.1. The molecular weight excluding hydrogens is 314 g/mol. The zero-order valence-electron chi connectivity index (χ0n) is 14.7. The van der Waals surface area contributed by atoms with Crippen LogP contribution in [0.15, 0.2) is 48.5 Å². The standard InChI is InChI=1S/C20H23N3O2/c1-15-3-9-19(10-4-15)22-11-13-23(14-12-22)20(25)21-18-7-5-17(6-8-18)16(2)24/h3-10H,11-14H2,1-2H3,(H,21,25). The summed E-state index contributed by atoms with van der Waals surface area (Å²) in [7, 11) is 0. The van der Waals surface area contributed by atoms with Crippen LogP contribution >= 0.6 is 0 Å². The van der Waals surface area contributed by atoms with Gasteiger partial charge in [-0.05, 0) is 50.2 Å². The first kappa shape index (κ1) is 17.0. The van der Waals surface area contributed by atoms with E-state index in [-0.39, 0.29) is 11.8 Å². The van der Waals surface area contributed by atoms with Crippen molar-refractivity contribution in [3.8, 4) is 0 Å². The number of ketones is 1. The van der Waals surface area contributed by atoms with Crippen molar-refractivity contribution in [1.82, 2.24) is 4.90 Å². The summed E-state index contributed by atoms with van der Waals surface area (Å²) in [5, 5.41) is 2.90. The maximum Gasteiger partial charge on any atom is 0.321 e. The maximum absolute atomic E-state index is 12.4. The zero-order valence-corrected chi connectivity index (χ0v) is 14.7. The Hall–Kier alpha value is -2.82. The summed E-state index contributed by atoms with van der Waals surface area (Å²) in [6.45, 7) is 6.62. The van der Waals surface area contributed by atoms with Crippen molar-refractivity contribution in [3.05, 3.63) is 59.7 Å². The van der Waals surface area contributed by atoms with Gasteiger partial charge in [0, 0.05) is 43.1 Å². The number of nitrogens with one attached hydrogen (secondary N) is 1. The predicted molar refractivity (Wildman–Crippen MR) is 100 cm³/mol. The first-order chi connectivity index (χ1) is 12.0. The van der Waals surface area contributed by atoms with Gasteiger partial charge in [0.25, 0.3) is 0 Å². The van der Waals surface area contributed by atoms with Gasteiger partial charge < -0.3 is 15.1 Å². The van der Waals surface area contributed by atoms with Crippen molar-refractivity contribution in [2.24, 2.45) is 0 Å². The van der Waals surface area contributed by atoms with Crippen LogP contribution in [-0.2, 0) is 0 Å². The molecule has 1 fully saturated rings. The summed E-state index contributed by atoms with van der Waals surface area (Å²) < 4.78 is 0. The van der Waals surface area contributed by atoms with E-state index in [9.17, 15) is 9.59 Å². The first-order valence-corrected chi connectivity index (χ1v) is 8.51. The number of amides is 2. The molecule has 2 aromatic rings.